The number of rotatable bonds is 3. The van der Waals surface area contributed by atoms with Crippen molar-refractivity contribution in [3.8, 4) is 0 Å². The Labute approximate surface area is 72.4 Å². The summed E-state index contributed by atoms with van der Waals surface area (Å²) in [5, 5.41) is 9.62. The topological polar surface area (TPSA) is 47.9 Å². The van der Waals surface area contributed by atoms with Gasteiger partial charge >= 0.3 is 0 Å². The van der Waals surface area contributed by atoms with Gasteiger partial charge in [0.15, 0.2) is 0 Å². The highest BCUT2D eigenvalue weighted by Gasteiger charge is 2.41. The fraction of sp³-hybridized carbons (Fsp3) is 1.00. The van der Waals surface area contributed by atoms with Crippen molar-refractivity contribution in [2.45, 2.75) is 31.3 Å². The zero-order chi connectivity index (χ0) is 9.14. The van der Waals surface area contributed by atoms with Crippen molar-refractivity contribution < 1.29 is 19.3 Å². The van der Waals surface area contributed by atoms with Crippen molar-refractivity contribution in [2.75, 3.05) is 20.8 Å². The molecule has 1 aliphatic heterocycles. The lowest BCUT2D eigenvalue weighted by Gasteiger charge is -2.15. The fourth-order valence-corrected chi connectivity index (χ4v) is 1.56. The molecule has 1 heterocycles. The monoisotopic (exact) mass is 176 g/mol. The fourth-order valence-electron chi connectivity index (χ4n) is 1.56. The SMILES string of the molecule is COC[C@H]1O[C@@H](C)[C@@H](OC)C1O. The van der Waals surface area contributed by atoms with Crippen LogP contribution in [-0.2, 0) is 14.2 Å². The molecule has 0 amide bonds. The lowest BCUT2D eigenvalue weighted by Crippen LogP contribution is -2.35. The Morgan fingerprint density at radius 1 is 1.42 bits per heavy atom. The van der Waals surface area contributed by atoms with Gasteiger partial charge in [0.25, 0.3) is 0 Å². The van der Waals surface area contributed by atoms with Gasteiger partial charge < -0.3 is 19.3 Å². The molecule has 0 aromatic carbocycles. The molecule has 4 heteroatoms. The normalized spacial score (nSPS) is 42.0. The average Bonchev–Trinajstić information content (AvgIpc) is 2.29. The molecule has 1 aliphatic rings. The summed E-state index contributed by atoms with van der Waals surface area (Å²) >= 11 is 0. The van der Waals surface area contributed by atoms with Gasteiger partial charge in [0.2, 0.25) is 0 Å². The van der Waals surface area contributed by atoms with Crippen LogP contribution in [0.15, 0.2) is 0 Å². The molecular weight excluding hydrogens is 160 g/mol. The summed E-state index contributed by atoms with van der Waals surface area (Å²) in [7, 11) is 3.16. The van der Waals surface area contributed by atoms with Crippen LogP contribution in [0.25, 0.3) is 0 Å². The van der Waals surface area contributed by atoms with Crippen LogP contribution in [0.4, 0.5) is 0 Å². The van der Waals surface area contributed by atoms with E-state index in [2.05, 4.69) is 0 Å². The Balaban J connectivity index is 2.49. The van der Waals surface area contributed by atoms with Crippen molar-refractivity contribution in [3.05, 3.63) is 0 Å². The maximum atomic E-state index is 9.62. The van der Waals surface area contributed by atoms with Crippen molar-refractivity contribution in [3.63, 3.8) is 0 Å². The molecule has 0 aromatic rings. The third-order valence-corrected chi connectivity index (χ3v) is 2.17. The van der Waals surface area contributed by atoms with Crippen LogP contribution in [0.1, 0.15) is 6.92 Å². The van der Waals surface area contributed by atoms with Gasteiger partial charge in [0.05, 0.1) is 12.7 Å². The van der Waals surface area contributed by atoms with Crippen LogP contribution in [0.2, 0.25) is 0 Å². The van der Waals surface area contributed by atoms with Gasteiger partial charge in [0.1, 0.15) is 18.3 Å². The third kappa shape index (κ3) is 1.77. The number of hydrogen-bond donors (Lipinski definition) is 1. The van der Waals surface area contributed by atoms with Crippen LogP contribution in [0.5, 0.6) is 0 Å². The van der Waals surface area contributed by atoms with E-state index in [4.69, 9.17) is 14.2 Å². The first-order valence-corrected chi connectivity index (χ1v) is 4.06. The number of ether oxygens (including phenoxy) is 3. The number of aliphatic hydroxyl groups is 1. The molecule has 4 nitrogen and oxygen atoms in total. The average molecular weight is 176 g/mol. The van der Waals surface area contributed by atoms with Gasteiger partial charge in [0, 0.05) is 14.2 Å². The maximum absolute atomic E-state index is 9.62. The van der Waals surface area contributed by atoms with E-state index in [9.17, 15) is 5.11 Å². The second-order valence-electron chi connectivity index (χ2n) is 3.03. The molecule has 1 rings (SSSR count). The van der Waals surface area contributed by atoms with Crippen LogP contribution in [0.3, 0.4) is 0 Å². The van der Waals surface area contributed by atoms with Gasteiger partial charge in [-0.25, -0.2) is 0 Å². The Morgan fingerprint density at radius 3 is 2.50 bits per heavy atom. The highest BCUT2D eigenvalue weighted by molar-refractivity contribution is 4.89. The quantitative estimate of drug-likeness (QED) is 0.646. The van der Waals surface area contributed by atoms with E-state index in [1.165, 1.54) is 0 Å². The molecule has 1 N–H and O–H groups in total. The first-order valence-electron chi connectivity index (χ1n) is 4.06. The Bertz CT molecular complexity index is 139. The molecular formula is C8H16O4. The third-order valence-electron chi connectivity index (χ3n) is 2.17. The number of aliphatic hydroxyl groups excluding tert-OH is 1. The molecule has 0 saturated carbocycles. The summed E-state index contributed by atoms with van der Waals surface area (Å²) in [6.45, 7) is 2.29. The minimum absolute atomic E-state index is 0.0647. The summed E-state index contributed by atoms with van der Waals surface area (Å²) in [4.78, 5) is 0. The van der Waals surface area contributed by atoms with E-state index in [1.807, 2.05) is 6.92 Å². The van der Waals surface area contributed by atoms with E-state index in [-0.39, 0.29) is 18.3 Å². The zero-order valence-corrected chi connectivity index (χ0v) is 7.69. The molecule has 0 aromatic heterocycles. The van der Waals surface area contributed by atoms with Crippen LogP contribution >= 0.6 is 0 Å². The summed E-state index contributed by atoms with van der Waals surface area (Å²) in [5.74, 6) is 0. The first kappa shape index (κ1) is 9.92. The second kappa shape index (κ2) is 4.18. The molecule has 72 valence electrons. The highest BCUT2D eigenvalue weighted by Crippen LogP contribution is 2.23. The standard InChI is InChI=1S/C8H16O4/c1-5-8(11-3)7(9)6(12-5)4-10-2/h5-9H,4H2,1-3H3/t5-,6+,7?,8+/m0/s1. The lowest BCUT2D eigenvalue weighted by molar-refractivity contribution is -0.0293. The summed E-state index contributed by atoms with van der Waals surface area (Å²) in [6, 6.07) is 0. The summed E-state index contributed by atoms with van der Waals surface area (Å²) in [6.07, 6.45) is -1.13. The van der Waals surface area contributed by atoms with E-state index in [1.54, 1.807) is 14.2 Å². The van der Waals surface area contributed by atoms with E-state index >= 15 is 0 Å². The second-order valence-corrected chi connectivity index (χ2v) is 3.03. The van der Waals surface area contributed by atoms with Crippen molar-refractivity contribution >= 4 is 0 Å². The van der Waals surface area contributed by atoms with Crippen molar-refractivity contribution in [2.24, 2.45) is 0 Å². The van der Waals surface area contributed by atoms with Crippen LogP contribution in [-0.4, -0.2) is 50.3 Å². The van der Waals surface area contributed by atoms with Crippen molar-refractivity contribution in [1.82, 2.24) is 0 Å². The highest BCUT2D eigenvalue weighted by atomic mass is 16.6. The Morgan fingerprint density at radius 2 is 2.08 bits per heavy atom. The minimum Gasteiger partial charge on any atom is -0.387 e. The molecule has 4 atom stereocenters. The molecule has 1 unspecified atom stereocenters. The van der Waals surface area contributed by atoms with E-state index in [0.29, 0.717) is 6.61 Å². The number of methoxy groups -OCH3 is 2. The van der Waals surface area contributed by atoms with Gasteiger partial charge in [-0.1, -0.05) is 0 Å². The van der Waals surface area contributed by atoms with E-state index < -0.39 is 6.10 Å². The van der Waals surface area contributed by atoms with Gasteiger partial charge in [-0.05, 0) is 6.92 Å². The van der Waals surface area contributed by atoms with Gasteiger partial charge in [-0.3, -0.25) is 0 Å². The molecule has 1 saturated heterocycles. The van der Waals surface area contributed by atoms with E-state index in [0.717, 1.165) is 0 Å². The first-order chi connectivity index (χ1) is 5.70. The summed E-state index contributed by atoms with van der Waals surface area (Å²) in [5.41, 5.74) is 0. The van der Waals surface area contributed by atoms with Crippen LogP contribution in [0, 0.1) is 0 Å². The maximum Gasteiger partial charge on any atom is 0.111 e. The Hall–Kier alpha value is -0.160. The molecule has 0 radical (unpaired) electrons. The molecule has 0 spiro atoms. The van der Waals surface area contributed by atoms with Gasteiger partial charge in [-0.15, -0.1) is 0 Å². The largest absolute Gasteiger partial charge is 0.387 e. The minimum atomic E-state index is -0.579. The van der Waals surface area contributed by atoms with Crippen LogP contribution < -0.4 is 0 Å². The predicted octanol–water partition coefficient (Wildman–Crippen LogP) is -0.204. The summed E-state index contributed by atoms with van der Waals surface area (Å²) < 4.78 is 15.4. The van der Waals surface area contributed by atoms with Crippen molar-refractivity contribution in [1.29, 1.82) is 0 Å². The molecule has 0 bridgehead atoms. The Kier molecular flexibility index (Phi) is 3.46. The zero-order valence-electron chi connectivity index (χ0n) is 7.69. The lowest BCUT2D eigenvalue weighted by atomic mass is 10.1. The smallest absolute Gasteiger partial charge is 0.111 e. The number of hydrogen-bond acceptors (Lipinski definition) is 4. The molecule has 1 fully saturated rings. The molecule has 0 aliphatic carbocycles. The molecule has 12 heavy (non-hydrogen) atoms. The predicted molar refractivity (Wildman–Crippen MR) is 43.0 cm³/mol. The van der Waals surface area contributed by atoms with Gasteiger partial charge in [-0.2, -0.15) is 0 Å².